The van der Waals surface area contributed by atoms with Crippen LogP contribution in [0.3, 0.4) is 0 Å². The van der Waals surface area contributed by atoms with Crippen molar-refractivity contribution in [3.63, 3.8) is 0 Å². The maximum atomic E-state index is 2.42. The van der Waals surface area contributed by atoms with Crippen LogP contribution in [0.25, 0.3) is 66.1 Å². The summed E-state index contributed by atoms with van der Waals surface area (Å²) in [6.45, 7) is 4.70. The van der Waals surface area contributed by atoms with Gasteiger partial charge in [0, 0.05) is 22.2 Å². The SMILES string of the molecule is CC1(C)c2ccccc2-c2c(-c3cccc(N(c4ccc(-c5ccc(-c6ccc7ccccc7c6)cc5)cc4)c4cccc5ccccc45)c3)cccc21. The van der Waals surface area contributed by atoms with E-state index >= 15 is 0 Å². The second-order valence-corrected chi connectivity index (χ2v) is 15.0. The van der Waals surface area contributed by atoms with E-state index in [2.05, 4.69) is 219 Å². The summed E-state index contributed by atoms with van der Waals surface area (Å²) in [4.78, 5) is 2.42. The Balaban J connectivity index is 1.05. The van der Waals surface area contributed by atoms with Gasteiger partial charge in [0.1, 0.15) is 0 Å². The van der Waals surface area contributed by atoms with E-state index in [9.17, 15) is 0 Å². The van der Waals surface area contributed by atoms with E-state index in [0.717, 1.165) is 17.1 Å². The number of anilines is 3. The topological polar surface area (TPSA) is 3.24 Å². The molecule has 0 aliphatic heterocycles. The van der Waals surface area contributed by atoms with Gasteiger partial charge in [-0.15, -0.1) is 0 Å². The third-order valence-electron chi connectivity index (χ3n) is 11.5. The first-order chi connectivity index (χ1) is 26.5. The smallest absolute Gasteiger partial charge is 0.0540 e. The minimum absolute atomic E-state index is 0.0486. The molecule has 1 nitrogen and oxygen atoms in total. The fourth-order valence-electron chi connectivity index (χ4n) is 8.67. The summed E-state index contributed by atoms with van der Waals surface area (Å²) in [5.74, 6) is 0. The van der Waals surface area contributed by atoms with Crippen LogP contribution in [0.4, 0.5) is 17.1 Å². The molecule has 0 N–H and O–H groups in total. The Bertz CT molecular complexity index is 2840. The molecule has 0 saturated heterocycles. The second-order valence-electron chi connectivity index (χ2n) is 15.0. The van der Waals surface area contributed by atoms with Gasteiger partial charge in [0.05, 0.1) is 5.69 Å². The average molecular weight is 690 g/mol. The molecule has 0 heterocycles. The standard InChI is InChI=1S/C53H39N/c1-53(2)49-21-8-7-19-48(49)52-47(20-11-22-50(52)53)43-16-9-17-45(35-43)54(51-23-10-15-40-13-5-6-18-46(40)51)44-32-30-38(31-33-44)37-24-26-39(27-25-37)42-29-28-36-12-3-4-14-41(36)34-42/h3-35H,1-2H3. The maximum Gasteiger partial charge on any atom is 0.0540 e. The molecule has 0 amide bonds. The van der Waals surface area contributed by atoms with Crippen LogP contribution >= 0.6 is 0 Å². The number of fused-ring (bicyclic) bond motifs is 5. The van der Waals surface area contributed by atoms with E-state index in [1.165, 1.54) is 77.2 Å². The highest BCUT2D eigenvalue weighted by Crippen LogP contribution is 2.52. The number of hydrogen-bond acceptors (Lipinski definition) is 1. The molecule has 0 spiro atoms. The molecule has 9 aromatic carbocycles. The molecule has 54 heavy (non-hydrogen) atoms. The molecule has 0 bridgehead atoms. The first-order valence-electron chi connectivity index (χ1n) is 18.8. The lowest BCUT2D eigenvalue weighted by Gasteiger charge is -2.28. The van der Waals surface area contributed by atoms with Gasteiger partial charge < -0.3 is 4.90 Å². The van der Waals surface area contributed by atoms with E-state index in [1.54, 1.807) is 0 Å². The van der Waals surface area contributed by atoms with Crippen LogP contribution in [0.15, 0.2) is 200 Å². The van der Waals surface area contributed by atoms with Gasteiger partial charge >= 0.3 is 0 Å². The van der Waals surface area contributed by atoms with Gasteiger partial charge in [-0.1, -0.05) is 178 Å². The van der Waals surface area contributed by atoms with E-state index in [0.29, 0.717) is 0 Å². The average Bonchev–Trinajstić information content (AvgIpc) is 3.47. The lowest BCUT2D eigenvalue weighted by Crippen LogP contribution is -2.14. The van der Waals surface area contributed by atoms with Crippen molar-refractivity contribution in [2.75, 3.05) is 4.90 Å². The summed E-state index contributed by atoms with van der Waals surface area (Å²) in [5, 5.41) is 4.97. The van der Waals surface area contributed by atoms with E-state index < -0.39 is 0 Å². The van der Waals surface area contributed by atoms with Gasteiger partial charge in [-0.3, -0.25) is 0 Å². The Kier molecular flexibility index (Phi) is 7.56. The molecule has 0 radical (unpaired) electrons. The van der Waals surface area contributed by atoms with Crippen molar-refractivity contribution < 1.29 is 0 Å². The highest BCUT2D eigenvalue weighted by molar-refractivity contribution is 6.00. The molecule has 0 aromatic heterocycles. The predicted octanol–water partition coefficient (Wildman–Crippen LogP) is 14.8. The van der Waals surface area contributed by atoms with Gasteiger partial charge in [-0.2, -0.15) is 0 Å². The molecule has 1 aliphatic rings. The molecular weight excluding hydrogens is 651 g/mol. The highest BCUT2D eigenvalue weighted by Gasteiger charge is 2.36. The quantitative estimate of drug-likeness (QED) is 0.168. The summed E-state index contributed by atoms with van der Waals surface area (Å²) in [7, 11) is 0. The van der Waals surface area contributed by atoms with E-state index in [1.807, 2.05) is 0 Å². The fraction of sp³-hybridized carbons (Fsp3) is 0.0566. The zero-order chi connectivity index (χ0) is 36.2. The lowest BCUT2D eigenvalue weighted by atomic mass is 9.82. The molecular formula is C53H39N. The first kappa shape index (κ1) is 32.0. The second kappa shape index (κ2) is 12.8. The molecule has 0 fully saturated rings. The largest absolute Gasteiger partial charge is 0.310 e. The van der Waals surface area contributed by atoms with Crippen molar-refractivity contribution in [3.8, 4) is 44.5 Å². The van der Waals surface area contributed by atoms with Crippen LogP contribution in [0.5, 0.6) is 0 Å². The molecule has 10 rings (SSSR count). The van der Waals surface area contributed by atoms with Gasteiger partial charge in [-0.05, 0) is 108 Å². The zero-order valence-electron chi connectivity index (χ0n) is 30.5. The molecule has 9 aromatic rings. The van der Waals surface area contributed by atoms with Crippen LogP contribution in [0, 0.1) is 0 Å². The molecule has 1 heteroatoms. The molecule has 0 unspecified atom stereocenters. The van der Waals surface area contributed by atoms with Crippen LogP contribution in [-0.2, 0) is 5.41 Å². The Morgan fingerprint density at radius 1 is 0.352 bits per heavy atom. The molecule has 256 valence electrons. The minimum Gasteiger partial charge on any atom is -0.310 e. The molecule has 0 saturated carbocycles. The van der Waals surface area contributed by atoms with Crippen molar-refractivity contribution in [1.82, 2.24) is 0 Å². The summed E-state index contributed by atoms with van der Waals surface area (Å²) in [6, 6.07) is 73.4. The Labute approximate surface area is 317 Å². The van der Waals surface area contributed by atoms with Gasteiger partial charge in [0.25, 0.3) is 0 Å². The number of rotatable bonds is 6. The monoisotopic (exact) mass is 689 g/mol. The molecule has 0 atom stereocenters. The number of nitrogens with zero attached hydrogens (tertiary/aromatic N) is 1. The summed E-state index contributed by atoms with van der Waals surface area (Å²) < 4.78 is 0. The Morgan fingerprint density at radius 2 is 0.926 bits per heavy atom. The summed E-state index contributed by atoms with van der Waals surface area (Å²) in [5.41, 5.74) is 16.1. The summed E-state index contributed by atoms with van der Waals surface area (Å²) >= 11 is 0. The van der Waals surface area contributed by atoms with Crippen molar-refractivity contribution >= 4 is 38.6 Å². The van der Waals surface area contributed by atoms with E-state index in [-0.39, 0.29) is 5.41 Å². The minimum atomic E-state index is -0.0486. The molecule has 1 aliphatic carbocycles. The van der Waals surface area contributed by atoms with Crippen LogP contribution in [-0.4, -0.2) is 0 Å². The normalized spacial score (nSPS) is 12.8. The predicted molar refractivity (Wildman–Crippen MR) is 230 cm³/mol. The highest BCUT2D eigenvalue weighted by atomic mass is 15.1. The van der Waals surface area contributed by atoms with Crippen LogP contribution in [0.1, 0.15) is 25.0 Å². The van der Waals surface area contributed by atoms with Gasteiger partial charge in [-0.25, -0.2) is 0 Å². The Morgan fingerprint density at radius 3 is 1.74 bits per heavy atom. The van der Waals surface area contributed by atoms with Crippen molar-refractivity contribution in [1.29, 1.82) is 0 Å². The third kappa shape index (κ3) is 5.32. The van der Waals surface area contributed by atoms with Crippen molar-refractivity contribution in [3.05, 3.63) is 211 Å². The first-order valence-corrected chi connectivity index (χ1v) is 18.8. The lowest BCUT2D eigenvalue weighted by molar-refractivity contribution is 0.660. The number of hydrogen-bond donors (Lipinski definition) is 0. The zero-order valence-corrected chi connectivity index (χ0v) is 30.5. The van der Waals surface area contributed by atoms with Gasteiger partial charge in [0.2, 0.25) is 0 Å². The van der Waals surface area contributed by atoms with E-state index in [4.69, 9.17) is 0 Å². The third-order valence-corrected chi connectivity index (χ3v) is 11.5. The maximum absolute atomic E-state index is 2.42. The summed E-state index contributed by atoms with van der Waals surface area (Å²) in [6.07, 6.45) is 0. The van der Waals surface area contributed by atoms with Gasteiger partial charge in [0.15, 0.2) is 0 Å². The van der Waals surface area contributed by atoms with Crippen molar-refractivity contribution in [2.24, 2.45) is 0 Å². The number of benzene rings is 9. The van der Waals surface area contributed by atoms with Crippen LogP contribution < -0.4 is 4.90 Å². The van der Waals surface area contributed by atoms with Crippen molar-refractivity contribution in [2.45, 2.75) is 19.3 Å². The Hall–Kier alpha value is -6.70. The van der Waals surface area contributed by atoms with Crippen LogP contribution in [0.2, 0.25) is 0 Å². The fourth-order valence-corrected chi connectivity index (χ4v) is 8.67.